The highest BCUT2D eigenvalue weighted by Gasteiger charge is 2.25. The zero-order valence-corrected chi connectivity index (χ0v) is 19.5. The SMILES string of the molecule is CC#N.CC(C)(C)NS(=O)(=O)c1ccc(Nc2nn(CC3CC3)c3cc[nH]c(=O)c23)cc1. The lowest BCUT2D eigenvalue weighted by atomic mass is 10.1. The molecule has 170 valence electrons. The molecular weight excluding hydrogens is 428 g/mol. The summed E-state index contributed by atoms with van der Waals surface area (Å²) < 4.78 is 29.4. The monoisotopic (exact) mass is 456 g/mol. The van der Waals surface area contributed by atoms with Crippen molar-refractivity contribution in [1.82, 2.24) is 19.5 Å². The number of aromatic amines is 1. The first kappa shape index (κ1) is 23.5. The number of benzene rings is 1. The largest absolute Gasteiger partial charge is 0.338 e. The predicted molar refractivity (Wildman–Crippen MR) is 124 cm³/mol. The van der Waals surface area contributed by atoms with Gasteiger partial charge >= 0.3 is 0 Å². The van der Waals surface area contributed by atoms with Crippen molar-refractivity contribution in [2.45, 2.75) is 57.5 Å². The zero-order chi connectivity index (χ0) is 23.5. The third-order valence-electron chi connectivity index (χ3n) is 4.67. The van der Waals surface area contributed by atoms with Crippen LogP contribution in [0.15, 0.2) is 46.2 Å². The third kappa shape index (κ3) is 5.75. The van der Waals surface area contributed by atoms with E-state index < -0.39 is 15.6 Å². The van der Waals surface area contributed by atoms with Crippen LogP contribution in [0, 0.1) is 17.2 Å². The minimum atomic E-state index is -3.60. The van der Waals surface area contributed by atoms with Gasteiger partial charge in [-0.15, -0.1) is 0 Å². The topological polar surface area (TPSA) is 133 Å². The van der Waals surface area contributed by atoms with Crippen LogP contribution in [0.25, 0.3) is 10.9 Å². The van der Waals surface area contributed by atoms with Crippen LogP contribution < -0.4 is 15.6 Å². The first-order chi connectivity index (χ1) is 15.0. The highest BCUT2D eigenvalue weighted by molar-refractivity contribution is 7.89. The summed E-state index contributed by atoms with van der Waals surface area (Å²) in [5, 5.41) is 15.6. The van der Waals surface area contributed by atoms with Crippen molar-refractivity contribution >= 4 is 32.4 Å². The summed E-state index contributed by atoms with van der Waals surface area (Å²) >= 11 is 0. The number of nitriles is 1. The van der Waals surface area contributed by atoms with Crippen LogP contribution >= 0.6 is 0 Å². The number of sulfonamides is 1. The van der Waals surface area contributed by atoms with E-state index in [1.165, 1.54) is 31.9 Å². The van der Waals surface area contributed by atoms with Crippen molar-refractivity contribution in [2.75, 3.05) is 5.32 Å². The maximum Gasteiger partial charge on any atom is 0.261 e. The van der Waals surface area contributed by atoms with Gasteiger partial charge in [-0.2, -0.15) is 10.4 Å². The number of hydrogen-bond acceptors (Lipinski definition) is 6. The summed E-state index contributed by atoms with van der Waals surface area (Å²) in [4.78, 5) is 15.3. The van der Waals surface area contributed by atoms with Gasteiger partial charge in [-0.1, -0.05) is 0 Å². The Hall–Kier alpha value is -3.16. The summed E-state index contributed by atoms with van der Waals surface area (Å²) in [6.07, 6.45) is 4.00. The van der Waals surface area contributed by atoms with Crippen molar-refractivity contribution in [2.24, 2.45) is 5.92 Å². The molecule has 4 rings (SSSR count). The molecule has 9 nitrogen and oxygen atoms in total. The minimum Gasteiger partial charge on any atom is -0.338 e. The zero-order valence-electron chi connectivity index (χ0n) is 18.6. The lowest BCUT2D eigenvalue weighted by molar-refractivity contribution is 0.491. The van der Waals surface area contributed by atoms with Crippen molar-refractivity contribution in [3.05, 3.63) is 46.9 Å². The molecule has 3 aromatic rings. The van der Waals surface area contributed by atoms with Crippen molar-refractivity contribution in [3.63, 3.8) is 0 Å². The molecule has 0 spiro atoms. The van der Waals surface area contributed by atoms with E-state index in [1.54, 1.807) is 45.2 Å². The summed E-state index contributed by atoms with van der Waals surface area (Å²) in [6, 6.07) is 10.00. The minimum absolute atomic E-state index is 0.181. The summed E-state index contributed by atoms with van der Waals surface area (Å²) in [5.41, 5.74) is 0.669. The number of H-pyrrole nitrogens is 1. The molecule has 0 radical (unpaired) electrons. The second-order valence-electron chi connectivity index (χ2n) is 8.77. The average molecular weight is 457 g/mol. The Morgan fingerprint density at radius 3 is 2.41 bits per heavy atom. The second-order valence-corrected chi connectivity index (χ2v) is 10.5. The fraction of sp³-hybridized carbons (Fsp3) is 0.409. The van der Waals surface area contributed by atoms with Crippen LogP contribution in [0.2, 0.25) is 0 Å². The van der Waals surface area contributed by atoms with E-state index in [9.17, 15) is 13.2 Å². The average Bonchev–Trinajstić information content (AvgIpc) is 3.43. The molecule has 1 aliphatic rings. The van der Waals surface area contributed by atoms with Gasteiger partial charge in [0.2, 0.25) is 10.0 Å². The molecule has 2 aromatic heterocycles. The molecular formula is C22H28N6O3S. The Labute approximate surface area is 187 Å². The van der Waals surface area contributed by atoms with E-state index in [0.29, 0.717) is 22.8 Å². The molecule has 0 bridgehead atoms. The van der Waals surface area contributed by atoms with Gasteiger partial charge in [-0.25, -0.2) is 13.1 Å². The molecule has 1 fully saturated rings. The summed E-state index contributed by atoms with van der Waals surface area (Å²) in [7, 11) is -3.60. The first-order valence-corrected chi connectivity index (χ1v) is 11.8. The molecule has 1 aliphatic carbocycles. The van der Waals surface area contributed by atoms with Gasteiger partial charge in [0.15, 0.2) is 5.82 Å². The molecule has 0 unspecified atom stereocenters. The van der Waals surface area contributed by atoms with Crippen molar-refractivity contribution in [1.29, 1.82) is 5.26 Å². The highest BCUT2D eigenvalue weighted by atomic mass is 32.2. The molecule has 10 heteroatoms. The van der Waals surface area contributed by atoms with Crippen LogP contribution in [-0.2, 0) is 16.6 Å². The third-order valence-corrected chi connectivity index (χ3v) is 6.44. The van der Waals surface area contributed by atoms with Gasteiger partial charge in [0, 0.05) is 30.9 Å². The van der Waals surface area contributed by atoms with Crippen molar-refractivity contribution < 1.29 is 8.42 Å². The molecule has 3 N–H and O–H groups in total. The van der Waals surface area contributed by atoms with Gasteiger partial charge in [-0.3, -0.25) is 9.48 Å². The molecule has 0 atom stereocenters. The van der Waals surface area contributed by atoms with E-state index in [4.69, 9.17) is 5.26 Å². The predicted octanol–water partition coefficient (Wildman–Crippen LogP) is 3.48. The van der Waals surface area contributed by atoms with E-state index in [0.717, 1.165) is 12.1 Å². The Kier molecular flexibility index (Phi) is 6.71. The fourth-order valence-corrected chi connectivity index (χ4v) is 4.64. The van der Waals surface area contributed by atoms with Gasteiger partial charge in [0.1, 0.15) is 5.39 Å². The number of rotatable bonds is 6. The Bertz CT molecular complexity index is 1290. The van der Waals surface area contributed by atoms with Crippen LogP contribution in [0.5, 0.6) is 0 Å². The van der Waals surface area contributed by atoms with Gasteiger partial charge in [-0.05, 0) is 69.9 Å². The lowest BCUT2D eigenvalue weighted by Gasteiger charge is -2.20. The first-order valence-electron chi connectivity index (χ1n) is 10.3. The fourth-order valence-electron chi connectivity index (χ4n) is 3.22. The molecule has 0 amide bonds. The van der Waals surface area contributed by atoms with E-state index in [-0.39, 0.29) is 10.5 Å². The van der Waals surface area contributed by atoms with Gasteiger partial charge in [0.05, 0.1) is 16.5 Å². The number of nitrogens with one attached hydrogen (secondary N) is 3. The highest BCUT2D eigenvalue weighted by Crippen LogP contribution is 2.32. The summed E-state index contributed by atoms with van der Waals surface area (Å²) in [6.45, 7) is 7.60. The van der Waals surface area contributed by atoms with Crippen LogP contribution in [-0.4, -0.2) is 28.7 Å². The Morgan fingerprint density at radius 2 is 1.84 bits per heavy atom. The smallest absolute Gasteiger partial charge is 0.261 e. The number of nitrogens with zero attached hydrogens (tertiary/aromatic N) is 3. The summed E-state index contributed by atoms with van der Waals surface area (Å²) in [5.74, 6) is 1.08. The second kappa shape index (κ2) is 9.14. The van der Waals surface area contributed by atoms with E-state index in [1.807, 2.05) is 10.7 Å². The van der Waals surface area contributed by atoms with Crippen LogP contribution in [0.1, 0.15) is 40.5 Å². The van der Waals surface area contributed by atoms with Crippen molar-refractivity contribution in [3.8, 4) is 6.07 Å². The Morgan fingerprint density at radius 1 is 1.22 bits per heavy atom. The molecule has 32 heavy (non-hydrogen) atoms. The number of fused-ring (bicyclic) bond motifs is 1. The number of pyridine rings is 1. The standard InChI is InChI=1S/C20H25N5O3S.C2H3N/c1-20(2,3)24-29(27,28)15-8-6-14(7-9-15)22-18-17-16(10-11-21-19(17)26)25(23-18)12-13-4-5-13;1-2-3/h6-11,13,24H,4-5,12H2,1-3H3,(H,21,26)(H,22,23);1H3. The molecule has 0 saturated heterocycles. The van der Waals surface area contributed by atoms with Crippen LogP contribution in [0.3, 0.4) is 0 Å². The van der Waals surface area contributed by atoms with Gasteiger partial charge in [0.25, 0.3) is 5.56 Å². The van der Waals surface area contributed by atoms with Crippen LogP contribution in [0.4, 0.5) is 11.5 Å². The molecule has 1 saturated carbocycles. The van der Waals surface area contributed by atoms with Gasteiger partial charge < -0.3 is 10.3 Å². The maximum atomic E-state index is 12.5. The number of anilines is 2. The van der Waals surface area contributed by atoms with E-state index in [2.05, 4.69) is 20.1 Å². The lowest BCUT2D eigenvalue weighted by Crippen LogP contribution is -2.40. The molecule has 2 heterocycles. The number of hydrogen-bond donors (Lipinski definition) is 3. The quantitative estimate of drug-likeness (QED) is 0.520. The molecule has 0 aliphatic heterocycles. The Balaban J connectivity index is 0.000000913. The van der Waals surface area contributed by atoms with E-state index >= 15 is 0 Å². The normalized spacial score (nSPS) is 13.8. The molecule has 1 aromatic carbocycles. The maximum absolute atomic E-state index is 12.5. The number of aromatic nitrogens is 3.